The van der Waals surface area contributed by atoms with Crippen molar-refractivity contribution in [2.45, 2.75) is 65.0 Å². The first-order valence-corrected chi connectivity index (χ1v) is 16.8. The number of nitrogens with one attached hydrogen (secondary N) is 2. The largest absolute Gasteiger partial charge is 0.490 e. The van der Waals surface area contributed by atoms with Gasteiger partial charge in [-0.1, -0.05) is 49.4 Å². The highest BCUT2D eigenvalue weighted by molar-refractivity contribution is 6.08. The number of halogens is 6. The molecule has 4 aromatic rings. The van der Waals surface area contributed by atoms with Crippen LogP contribution in [0.1, 0.15) is 54.2 Å². The molecule has 4 rings (SSSR count). The fourth-order valence-corrected chi connectivity index (χ4v) is 4.94. The Kier molecular flexibility index (Phi) is 17.4. The van der Waals surface area contributed by atoms with Crippen molar-refractivity contribution in [3.63, 3.8) is 0 Å². The van der Waals surface area contributed by atoms with Crippen LogP contribution >= 0.6 is 0 Å². The number of aromatic nitrogens is 1. The maximum absolute atomic E-state index is 12.8. The highest BCUT2D eigenvalue weighted by Gasteiger charge is 2.39. The Morgan fingerprint density at radius 3 is 1.89 bits per heavy atom. The monoisotopic (exact) mass is 797 g/mol. The molecule has 56 heavy (non-hydrogen) atoms. The number of carbonyl (C=O) groups excluding carboxylic acids is 2. The van der Waals surface area contributed by atoms with E-state index < -0.39 is 36.2 Å². The molecule has 8 N–H and O–H groups in total. The Bertz CT molecular complexity index is 1940. The lowest BCUT2D eigenvalue weighted by atomic mass is 10.0. The molecule has 19 heteroatoms. The van der Waals surface area contributed by atoms with Crippen molar-refractivity contribution >= 4 is 46.0 Å². The van der Waals surface area contributed by atoms with E-state index in [0.717, 1.165) is 28.8 Å². The minimum Gasteiger partial charge on any atom is -0.490 e. The molecule has 2 amide bonds. The number of aliphatic carboxylic acids is 2. The molecule has 0 spiro atoms. The highest BCUT2D eigenvalue weighted by Crippen LogP contribution is 2.38. The van der Waals surface area contributed by atoms with E-state index in [0.29, 0.717) is 60.7 Å². The first-order chi connectivity index (χ1) is 26.2. The molecule has 0 saturated heterocycles. The molecule has 304 valence electrons. The Hall–Kier alpha value is -6.11. The van der Waals surface area contributed by atoms with Crippen molar-refractivity contribution in [2.24, 2.45) is 11.5 Å². The summed E-state index contributed by atoms with van der Waals surface area (Å²) in [6.07, 6.45) is -6.73. The summed E-state index contributed by atoms with van der Waals surface area (Å²) in [6, 6.07) is 18.8. The lowest BCUT2D eigenvalue weighted by molar-refractivity contribution is -0.193. The molecule has 0 aliphatic rings. The third kappa shape index (κ3) is 13.9. The summed E-state index contributed by atoms with van der Waals surface area (Å²) < 4.78 is 75.1. The van der Waals surface area contributed by atoms with Crippen LogP contribution in [0.25, 0.3) is 10.9 Å². The van der Waals surface area contributed by atoms with Crippen molar-refractivity contribution in [1.82, 2.24) is 10.3 Å². The molecule has 0 aliphatic heterocycles. The van der Waals surface area contributed by atoms with Gasteiger partial charge >= 0.3 is 24.3 Å². The van der Waals surface area contributed by atoms with Crippen LogP contribution in [0.4, 0.5) is 37.7 Å². The normalized spacial score (nSPS) is 11.5. The van der Waals surface area contributed by atoms with Gasteiger partial charge in [-0.15, -0.1) is 0 Å². The second-order valence-electron chi connectivity index (χ2n) is 11.5. The Balaban J connectivity index is 0.000000657. The molecule has 0 radical (unpaired) electrons. The number of anilines is 2. The number of carboxylic acid groups (broad SMARTS) is 2. The molecule has 1 aromatic heterocycles. The fraction of sp³-hybridized carbons (Fsp3) is 0.324. The second kappa shape index (κ2) is 21.1. The number of alkyl halides is 6. The molecule has 13 nitrogen and oxygen atoms in total. The van der Waals surface area contributed by atoms with Crippen LogP contribution in [0.2, 0.25) is 0 Å². The number of amides is 2. The van der Waals surface area contributed by atoms with Crippen LogP contribution < -0.4 is 31.6 Å². The average Bonchev–Trinajstić information content (AvgIpc) is 3.13. The lowest BCUT2D eigenvalue weighted by Crippen LogP contribution is -2.40. The number of hydrogen-bond acceptors (Lipinski definition) is 9. The van der Waals surface area contributed by atoms with E-state index in [1.54, 1.807) is 6.07 Å². The maximum atomic E-state index is 12.8. The summed E-state index contributed by atoms with van der Waals surface area (Å²) in [4.78, 5) is 47.5. The second-order valence-corrected chi connectivity index (χ2v) is 11.5. The zero-order valence-corrected chi connectivity index (χ0v) is 30.4. The van der Waals surface area contributed by atoms with E-state index in [4.69, 9.17) is 40.7 Å². The van der Waals surface area contributed by atoms with Crippen LogP contribution in [0.5, 0.6) is 11.5 Å². The molecule has 1 atom stereocenters. The average molecular weight is 798 g/mol. The van der Waals surface area contributed by atoms with Gasteiger partial charge in [0.1, 0.15) is 0 Å². The van der Waals surface area contributed by atoms with E-state index >= 15 is 0 Å². The van der Waals surface area contributed by atoms with Gasteiger partial charge < -0.3 is 41.8 Å². The van der Waals surface area contributed by atoms with Crippen LogP contribution in [0.15, 0.2) is 66.9 Å². The van der Waals surface area contributed by atoms with Gasteiger partial charge in [-0.2, -0.15) is 26.3 Å². The van der Waals surface area contributed by atoms with Crippen molar-refractivity contribution in [2.75, 3.05) is 18.5 Å². The summed E-state index contributed by atoms with van der Waals surface area (Å²) >= 11 is 0. The number of benzene rings is 3. The first-order valence-electron chi connectivity index (χ1n) is 16.8. The quantitative estimate of drug-likeness (QED) is 0.0781. The van der Waals surface area contributed by atoms with Gasteiger partial charge in [0.25, 0.3) is 5.91 Å². The highest BCUT2D eigenvalue weighted by atomic mass is 19.4. The smallest absolute Gasteiger partial charge is 0.490 e. The molecule has 3 aromatic carbocycles. The van der Waals surface area contributed by atoms with Crippen molar-refractivity contribution < 1.29 is 65.2 Å². The third-order valence-corrected chi connectivity index (χ3v) is 7.55. The van der Waals surface area contributed by atoms with Gasteiger partial charge in [0.15, 0.2) is 11.5 Å². The number of nitrogens with two attached hydrogens (primary N) is 2. The number of primary amides is 1. The zero-order valence-electron chi connectivity index (χ0n) is 30.4. The molecule has 1 heterocycles. The summed E-state index contributed by atoms with van der Waals surface area (Å²) in [5, 5.41) is 21.4. The molecule has 0 unspecified atom stereocenters. The summed E-state index contributed by atoms with van der Waals surface area (Å²) in [5.41, 5.74) is 17.2. The number of carbonyl (C=O) groups is 4. The molecular formula is C37H41F6N5O8. The molecule has 0 saturated carbocycles. The van der Waals surface area contributed by atoms with Gasteiger partial charge in [0, 0.05) is 29.9 Å². The van der Waals surface area contributed by atoms with Crippen molar-refractivity contribution in [1.29, 1.82) is 0 Å². The molecule has 0 fully saturated rings. The van der Waals surface area contributed by atoms with Crippen molar-refractivity contribution in [3.8, 4) is 11.5 Å². The Morgan fingerprint density at radius 1 is 0.839 bits per heavy atom. The van der Waals surface area contributed by atoms with E-state index in [1.807, 2.05) is 75.4 Å². The maximum Gasteiger partial charge on any atom is 0.490 e. The minimum absolute atomic E-state index is 0.198. The molecule has 0 bridgehead atoms. The van der Waals surface area contributed by atoms with Crippen LogP contribution in [0, 0.1) is 0 Å². The van der Waals surface area contributed by atoms with Gasteiger partial charge in [-0.3, -0.25) is 14.6 Å². The van der Waals surface area contributed by atoms with Crippen LogP contribution in [0.3, 0.4) is 0 Å². The topological polar surface area (TPSA) is 216 Å². The number of hydrogen-bond donors (Lipinski definition) is 6. The number of ether oxygens (including phenoxy) is 2. The van der Waals surface area contributed by atoms with E-state index in [9.17, 15) is 35.9 Å². The van der Waals surface area contributed by atoms with Crippen LogP contribution in [-0.2, 0) is 33.8 Å². The van der Waals surface area contributed by atoms with Gasteiger partial charge in [-0.05, 0) is 61.9 Å². The predicted octanol–water partition coefficient (Wildman–Crippen LogP) is 6.28. The van der Waals surface area contributed by atoms with E-state index in [2.05, 4.69) is 15.6 Å². The van der Waals surface area contributed by atoms with Crippen LogP contribution in [-0.4, -0.2) is 70.6 Å². The SMILES string of the molecule is CCOc1cc2ncc(C(N)=O)c(Nc3cccc(CNC(=O)[C@H](N)CCc4ccccc4)c3CC)c2cc1OCC.O=C(O)C(F)(F)F.O=C(O)C(F)(F)F. The van der Waals surface area contributed by atoms with Gasteiger partial charge in [0.05, 0.1) is 36.0 Å². The number of fused-ring (bicyclic) bond motifs is 1. The van der Waals surface area contributed by atoms with Gasteiger partial charge in [0.2, 0.25) is 5.91 Å². The third-order valence-electron chi connectivity index (χ3n) is 7.55. The standard InChI is InChI=1S/C33H39N5O4.2C2HF3O2/c1-4-23-22(19-37-33(40)26(34)16-15-21-11-8-7-9-12-21)13-10-14-27(23)38-31-24-17-29(41-5-2)30(42-6-3)18-28(24)36-20-25(31)32(35)39;2*3-2(4,5)1(6)7/h7-14,17-18,20,26H,4-6,15-16,19,34H2,1-3H3,(H2,35,39)(H,36,38)(H,37,40);2*(H,6,7)/t26-;;/m1../s1. The molecule has 0 aliphatic carbocycles. The lowest BCUT2D eigenvalue weighted by Gasteiger charge is -2.20. The zero-order chi connectivity index (χ0) is 42.2. The Labute approximate surface area is 317 Å². The minimum atomic E-state index is -5.08. The number of aryl methyl sites for hydroxylation is 1. The number of rotatable bonds is 14. The summed E-state index contributed by atoms with van der Waals surface area (Å²) in [7, 11) is 0. The van der Waals surface area contributed by atoms with E-state index in [1.165, 1.54) is 6.20 Å². The Morgan fingerprint density at radius 2 is 1.39 bits per heavy atom. The fourth-order valence-electron chi connectivity index (χ4n) is 4.94. The van der Waals surface area contributed by atoms with E-state index in [-0.39, 0.29) is 11.5 Å². The molecular weight excluding hydrogens is 756 g/mol. The number of nitrogens with zero attached hydrogens (tertiary/aromatic N) is 1. The first kappa shape index (κ1) is 46.0. The number of carboxylic acids is 2. The predicted molar refractivity (Wildman–Crippen MR) is 194 cm³/mol. The number of pyridine rings is 1. The summed E-state index contributed by atoms with van der Waals surface area (Å²) in [5.74, 6) is -5.19. The summed E-state index contributed by atoms with van der Waals surface area (Å²) in [6.45, 7) is 7.07. The van der Waals surface area contributed by atoms with Gasteiger partial charge in [-0.25, -0.2) is 9.59 Å². The van der Waals surface area contributed by atoms with Crippen molar-refractivity contribution in [3.05, 3.63) is 89.1 Å².